The molecule has 0 aliphatic heterocycles. The molecule has 0 saturated heterocycles. The van der Waals surface area contributed by atoms with Gasteiger partial charge in [-0.2, -0.15) is 0 Å². The lowest BCUT2D eigenvalue weighted by atomic mass is 9.99. The van der Waals surface area contributed by atoms with Gasteiger partial charge in [0.05, 0.1) is 12.0 Å². The molecule has 1 rings (SSSR count). The third kappa shape index (κ3) is 0.697. The van der Waals surface area contributed by atoms with Crippen molar-refractivity contribution in [2.45, 2.75) is 20.3 Å². The summed E-state index contributed by atoms with van der Waals surface area (Å²) in [6, 6.07) is 0. The van der Waals surface area contributed by atoms with Gasteiger partial charge in [0.15, 0.2) is 0 Å². The third-order valence-corrected chi connectivity index (χ3v) is 2.49. The van der Waals surface area contributed by atoms with Gasteiger partial charge in [-0.25, -0.2) is 0 Å². The minimum absolute atomic E-state index is 0.00347. The zero-order valence-electron chi connectivity index (χ0n) is 5.85. The van der Waals surface area contributed by atoms with E-state index in [0.717, 1.165) is 12.7 Å². The van der Waals surface area contributed by atoms with Crippen LogP contribution in [0.25, 0.3) is 0 Å². The van der Waals surface area contributed by atoms with Gasteiger partial charge in [-0.1, -0.05) is 13.8 Å². The van der Waals surface area contributed by atoms with Crippen molar-refractivity contribution in [2.75, 3.05) is 6.61 Å². The Balaban J connectivity index is 2.68. The monoisotopic (exact) mass is 128 g/mol. The molecule has 2 heteroatoms. The average molecular weight is 128 g/mol. The fraction of sp³-hybridized carbons (Fsp3) is 0.857. The van der Waals surface area contributed by atoms with E-state index in [-0.39, 0.29) is 12.0 Å². The van der Waals surface area contributed by atoms with E-state index in [1.54, 1.807) is 0 Å². The zero-order valence-corrected chi connectivity index (χ0v) is 5.85. The van der Waals surface area contributed by atoms with Gasteiger partial charge in [-0.3, -0.25) is 0 Å². The molecule has 1 saturated carbocycles. The first-order valence-electron chi connectivity index (χ1n) is 3.15. The van der Waals surface area contributed by atoms with Gasteiger partial charge in [0.2, 0.25) is 0 Å². The van der Waals surface area contributed by atoms with Crippen molar-refractivity contribution >= 4 is 6.29 Å². The number of aliphatic hydroxyl groups excluding tert-OH is 1. The van der Waals surface area contributed by atoms with Gasteiger partial charge in [-0.15, -0.1) is 0 Å². The fourth-order valence-electron chi connectivity index (χ4n) is 1.25. The highest BCUT2D eigenvalue weighted by molar-refractivity contribution is 5.66. The number of hydrogen-bond acceptors (Lipinski definition) is 2. The zero-order chi connectivity index (χ0) is 7.12. The van der Waals surface area contributed by atoms with Crippen LogP contribution in [0.5, 0.6) is 0 Å². The summed E-state index contributed by atoms with van der Waals surface area (Å²) in [4.78, 5) is 10.4. The van der Waals surface area contributed by atoms with Gasteiger partial charge >= 0.3 is 0 Å². The number of aliphatic hydroxyl groups is 1. The molecule has 0 heterocycles. The lowest BCUT2D eigenvalue weighted by Crippen LogP contribution is -2.15. The highest BCUT2D eigenvalue weighted by Crippen LogP contribution is 2.61. The Labute approximate surface area is 54.9 Å². The van der Waals surface area contributed by atoms with Gasteiger partial charge in [0, 0.05) is 0 Å². The van der Waals surface area contributed by atoms with Crippen molar-refractivity contribution < 1.29 is 9.90 Å². The molecule has 0 radical (unpaired) electrons. The maximum Gasteiger partial charge on any atom is 0.129 e. The number of aldehydes is 1. The molecule has 1 aliphatic carbocycles. The largest absolute Gasteiger partial charge is 0.395 e. The standard InChI is InChI=1S/C7H12O2/c1-6(2)3-7(6,4-8)5-9/h4,9H,3,5H2,1-2H3. The summed E-state index contributed by atoms with van der Waals surface area (Å²) in [6.07, 6.45) is 1.72. The maximum absolute atomic E-state index is 10.4. The minimum Gasteiger partial charge on any atom is -0.395 e. The van der Waals surface area contributed by atoms with Crippen LogP contribution in [0.4, 0.5) is 0 Å². The van der Waals surface area contributed by atoms with E-state index in [2.05, 4.69) is 0 Å². The molecular formula is C7H12O2. The predicted molar refractivity (Wildman–Crippen MR) is 34.0 cm³/mol. The maximum atomic E-state index is 10.4. The SMILES string of the molecule is CC1(C)CC1(C=O)CO. The fourth-order valence-corrected chi connectivity index (χ4v) is 1.25. The van der Waals surface area contributed by atoms with Gasteiger partial charge in [0.1, 0.15) is 6.29 Å². The molecule has 9 heavy (non-hydrogen) atoms. The smallest absolute Gasteiger partial charge is 0.129 e. The molecule has 1 aliphatic rings. The van der Waals surface area contributed by atoms with Crippen LogP contribution in [-0.4, -0.2) is 18.0 Å². The van der Waals surface area contributed by atoms with Crippen LogP contribution >= 0.6 is 0 Å². The van der Waals surface area contributed by atoms with E-state index in [9.17, 15) is 4.79 Å². The molecule has 1 fully saturated rings. The molecular weight excluding hydrogens is 116 g/mol. The van der Waals surface area contributed by atoms with E-state index in [0.29, 0.717) is 0 Å². The lowest BCUT2D eigenvalue weighted by Gasteiger charge is -2.07. The third-order valence-electron chi connectivity index (χ3n) is 2.49. The Morgan fingerprint density at radius 1 is 1.67 bits per heavy atom. The first-order valence-corrected chi connectivity index (χ1v) is 3.15. The summed E-state index contributed by atoms with van der Waals surface area (Å²) in [7, 11) is 0. The molecule has 0 aromatic rings. The molecule has 1 atom stereocenters. The molecule has 1 N–H and O–H groups in total. The second-order valence-corrected chi connectivity index (χ2v) is 3.49. The highest BCUT2D eigenvalue weighted by Gasteiger charge is 2.60. The van der Waals surface area contributed by atoms with E-state index in [4.69, 9.17) is 5.11 Å². The van der Waals surface area contributed by atoms with E-state index < -0.39 is 5.41 Å². The molecule has 0 amide bonds. The van der Waals surface area contributed by atoms with Crippen LogP contribution in [0.15, 0.2) is 0 Å². The summed E-state index contributed by atoms with van der Waals surface area (Å²) >= 11 is 0. The van der Waals surface area contributed by atoms with Crippen LogP contribution in [0.2, 0.25) is 0 Å². The molecule has 0 aromatic carbocycles. The van der Waals surface area contributed by atoms with Crippen LogP contribution in [0.3, 0.4) is 0 Å². The molecule has 1 unspecified atom stereocenters. The Kier molecular flexibility index (Phi) is 1.17. The predicted octanol–water partition coefficient (Wildman–Crippen LogP) is 0.594. The summed E-state index contributed by atoms with van der Waals surface area (Å²) < 4.78 is 0. The molecule has 0 bridgehead atoms. The number of carbonyl (C=O) groups excluding carboxylic acids is 1. The van der Waals surface area contributed by atoms with Gasteiger partial charge < -0.3 is 9.90 Å². The van der Waals surface area contributed by atoms with Gasteiger partial charge in [0.25, 0.3) is 0 Å². The van der Waals surface area contributed by atoms with Gasteiger partial charge in [-0.05, 0) is 11.8 Å². The van der Waals surface area contributed by atoms with Crippen molar-refractivity contribution in [3.63, 3.8) is 0 Å². The summed E-state index contributed by atoms with van der Waals surface area (Å²) in [5.74, 6) is 0. The highest BCUT2D eigenvalue weighted by atomic mass is 16.3. The molecule has 0 aromatic heterocycles. The topological polar surface area (TPSA) is 37.3 Å². The first kappa shape index (κ1) is 6.75. The first-order chi connectivity index (χ1) is 4.08. The molecule has 0 spiro atoms. The van der Waals surface area contributed by atoms with E-state index >= 15 is 0 Å². The normalized spacial score (nSPS) is 38.1. The summed E-state index contributed by atoms with van der Waals surface area (Å²) in [5.41, 5.74) is -0.351. The second-order valence-electron chi connectivity index (χ2n) is 3.49. The molecule has 52 valence electrons. The minimum atomic E-state index is -0.396. The van der Waals surface area contributed by atoms with Crippen LogP contribution in [-0.2, 0) is 4.79 Å². The average Bonchev–Trinajstić information content (AvgIpc) is 2.35. The van der Waals surface area contributed by atoms with Crippen molar-refractivity contribution in [1.82, 2.24) is 0 Å². The quantitative estimate of drug-likeness (QED) is 0.553. The van der Waals surface area contributed by atoms with Crippen molar-refractivity contribution in [1.29, 1.82) is 0 Å². The lowest BCUT2D eigenvalue weighted by molar-refractivity contribution is -0.114. The Bertz CT molecular complexity index is 140. The molecule has 2 nitrogen and oxygen atoms in total. The Morgan fingerprint density at radius 2 is 2.11 bits per heavy atom. The second kappa shape index (κ2) is 1.57. The Morgan fingerprint density at radius 3 is 2.11 bits per heavy atom. The number of carbonyl (C=O) groups is 1. The van der Waals surface area contributed by atoms with E-state index in [1.165, 1.54) is 0 Å². The van der Waals surface area contributed by atoms with Crippen LogP contribution in [0.1, 0.15) is 20.3 Å². The summed E-state index contributed by atoms with van der Waals surface area (Å²) in [5, 5.41) is 8.76. The van der Waals surface area contributed by atoms with Crippen molar-refractivity contribution in [2.24, 2.45) is 10.8 Å². The summed E-state index contributed by atoms with van der Waals surface area (Å²) in [6.45, 7) is 4.00. The van der Waals surface area contributed by atoms with Crippen molar-refractivity contribution in [3.8, 4) is 0 Å². The van der Waals surface area contributed by atoms with Crippen molar-refractivity contribution in [3.05, 3.63) is 0 Å². The number of rotatable bonds is 2. The van der Waals surface area contributed by atoms with Crippen LogP contribution in [0, 0.1) is 10.8 Å². The van der Waals surface area contributed by atoms with Crippen LogP contribution < -0.4 is 0 Å². The van der Waals surface area contributed by atoms with E-state index in [1.807, 2.05) is 13.8 Å². The number of hydrogen-bond donors (Lipinski definition) is 1. The Hall–Kier alpha value is -0.370.